The molecule has 0 amide bonds. The quantitative estimate of drug-likeness (QED) is 0.840. The molecule has 1 heterocycles. The second kappa shape index (κ2) is 6.73. The Morgan fingerprint density at radius 3 is 2.74 bits per heavy atom. The highest BCUT2D eigenvalue weighted by atomic mass is 32.1. The highest BCUT2D eigenvalue weighted by Crippen LogP contribution is 2.11. The van der Waals surface area contributed by atoms with E-state index < -0.39 is 0 Å². The topological polar surface area (TPSA) is 77.9 Å². The third kappa shape index (κ3) is 4.25. The van der Waals surface area contributed by atoms with Crippen LogP contribution < -0.4 is 14.9 Å². The number of aromatic amines is 1. The average molecular weight is 275 g/mol. The fraction of sp³-hybridized carbons (Fsp3) is 0.231. The number of hydrogen-bond donors (Lipinski definition) is 2. The summed E-state index contributed by atoms with van der Waals surface area (Å²) in [5.41, 5.74) is 2.01. The van der Waals surface area contributed by atoms with Gasteiger partial charge in [0.2, 0.25) is 0 Å². The van der Waals surface area contributed by atoms with Crippen LogP contribution in [-0.2, 0) is 13.1 Å². The number of rotatable bonds is 6. The molecule has 0 aliphatic carbocycles. The molecule has 1 aromatic heterocycles. The number of H-pyrrole nitrogens is 1. The van der Waals surface area contributed by atoms with Crippen molar-refractivity contribution < 1.29 is 4.74 Å². The molecule has 6 heteroatoms. The molecule has 19 heavy (non-hydrogen) atoms. The van der Waals surface area contributed by atoms with Gasteiger partial charge in [0, 0.05) is 24.2 Å². The van der Waals surface area contributed by atoms with E-state index in [-0.39, 0.29) is 11.5 Å². The fourth-order valence-corrected chi connectivity index (χ4v) is 2.14. The monoisotopic (exact) mass is 275 g/mol. The van der Waals surface area contributed by atoms with Gasteiger partial charge in [0.25, 0.3) is 0 Å². The molecule has 98 valence electrons. The largest absolute Gasteiger partial charge is 0.479 e. The lowest BCUT2D eigenvalue weighted by Gasteiger charge is -2.05. The van der Waals surface area contributed by atoms with Gasteiger partial charge in [-0.1, -0.05) is 23.5 Å². The van der Waals surface area contributed by atoms with Gasteiger partial charge in [0.05, 0.1) is 0 Å². The maximum absolute atomic E-state index is 10.9. The maximum atomic E-state index is 10.9. The van der Waals surface area contributed by atoms with Gasteiger partial charge in [-0.25, -0.2) is 0 Å². The summed E-state index contributed by atoms with van der Waals surface area (Å²) in [6.45, 7) is 1.39. The Hall–Kier alpha value is -2.10. The van der Waals surface area contributed by atoms with Gasteiger partial charge in [0.1, 0.15) is 11.8 Å². The van der Waals surface area contributed by atoms with E-state index in [2.05, 4.69) is 10.3 Å². The summed E-state index contributed by atoms with van der Waals surface area (Å²) >= 11 is 1.17. The van der Waals surface area contributed by atoms with E-state index in [1.54, 1.807) is 0 Å². The first-order chi connectivity index (χ1) is 9.28. The van der Waals surface area contributed by atoms with Crippen molar-refractivity contribution in [1.82, 2.24) is 10.3 Å². The molecule has 0 saturated heterocycles. The molecule has 2 N–H and O–H groups in total. The molecule has 0 atom stereocenters. The fourth-order valence-electron chi connectivity index (χ4n) is 1.56. The molecule has 5 nitrogen and oxygen atoms in total. The number of hydrogen-bond acceptors (Lipinski definition) is 5. The summed E-state index contributed by atoms with van der Waals surface area (Å²) in [4.78, 5) is 13.7. The first-order valence-electron chi connectivity index (χ1n) is 5.74. The van der Waals surface area contributed by atoms with E-state index in [9.17, 15) is 4.79 Å². The number of thiazole rings is 1. The molecule has 0 spiro atoms. The molecular weight excluding hydrogens is 262 g/mol. The Bertz CT molecular complexity index is 610. The molecule has 1 aromatic carbocycles. The van der Waals surface area contributed by atoms with Crippen molar-refractivity contribution in [2.75, 3.05) is 6.61 Å². The number of nitrogens with one attached hydrogen (secondary N) is 2. The number of benzene rings is 1. The van der Waals surface area contributed by atoms with Crippen molar-refractivity contribution in [3.05, 3.63) is 50.6 Å². The molecule has 0 radical (unpaired) electrons. The minimum Gasteiger partial charge on any atom is -0.479 e. The smallest absolute Gasteiger partial charge is 0.304 e. The second-order valence-corrected chi connectivity index (χ2v) is 4.71. The van der Waals surface area contributed by atoms with Crippen LogP contribution >= 0.6 is 11.3 Å². The van der Waals surface area contributed by atoms with Crippen LogP contribution in [0.3, 0.4) is 0 Å². The summed E-state index contributed by atoms with van der Waals surface area (Å²) < 4.78 is 5.17. The predicted molar refractivity (Wildman–Crippen MR) is 73.0 cm³/mol. The zero-order valence-corrected chi connectivity index (χ0v) is 11.0. The minimum absolute atomic E-state index is 0.0317. The molecule has 0 saturated carbocycles. The van der Waals surface area contributed by atoms with Crippen LogP contribution in [0, 0.1) is 11.3 Å². The van der Waals surface area contributed by atoms with Crippen LogP contribution in [-0.4, -0.2) is 11.6 Å². The highest BCUT2D eigenvalue weighted by Gasteiger charge is 1.98. The highest BCUT2D eigenvalue weighted by molar-refractivity contribution is 7.07. The molecule has 2 aromatic rings. The van der Waals surface area contributed by atoms with Gasteiger partial charge in [-0.2, -0.15) is 5.26 Å². The van der Waals surface area contributed by atoms with E-state index in [1.165, 1.54) is 11.3 Å². The van der Waals surface area contributed by atoms with Gasteiger partial charge < -0.3 is 15.0 Å². The summed E-state index contributed by atoms with van der Waals surface area (Å²) in [6.07, 6.45) is 0. The standard InChI is InChI=1S/C13H13N3O2S/c14-5-6-18-12-3-1-10(2-4-12)7-15-8-11-9-19-13(17)16-11/h1-4,9,15H,6-8H2,(H,16,17). The summed E-state index contributed by atoms with van der Waals surface area (Å²) in [5, 5.41) is 13.4. The van der Waals surface area contributed by atoms with Crippen molar-refractivity contribution >= 4 is 11.3 Å². The first kappa shape index (κ1) is 13.3. The lowest BCUT2D eigenvalue weighted by atomic mass is 10.2. The zero-order chi connectivity index (χ0) is 13.5. The van der Waals surface area contributed by atoms with Crippen molar-refractivity contribution in [2.24, 2.45) is 0 Å². The molecular formula is C13H13N3O2S. The van der Waals surface area contributed by atoms with Crippen LogP contribution in [0.2, 0.25) is 0 Å². The average Bonchev–Trinajstić information content (AvgIpc) is 2.84. The number of ether oxygens (including phenoxy) is 1. The zero-order valence-electron chi connectivity index (χ0n) is 10.2. The van der Waals surface area contributed by atoms with Crippen molar-refractivity contribution in [1.29, 1.82) is 5.26 Å². The number of nitrogens with zero attached hydrogens (tertiary/aromatic N) is 1. The van der Waals surface area contributed by atoms with Crippen molar-refractivity contribution in [3.8, 4) is 11.8 Å². The van der Waals surface area contributed by atoms with E-state index in [0.717, 1.165) is 11.3 Å². The normalized spacial score (nSPS) is 10.1. The Morgan fingerprint density at radius 1 is 1.32 bits per heavy atom. The maximum Gasteiger partial charge on any atom is 0.304 e. The Labute approximate surface area is 114 Å². The van der Waals surface area contributed by atoms with Crippen LogP contribution in [0.1, 0.15) is 11.3 Å². The minimum atomic E-state index is -0.0317. The lowest BCUT2D eigenvalue weighted by Crippen LogP contribution is -2.13. The Kier molecular flexibility index (Phi) is 4.72. The van der Waals surface area contributed by atoms with E-state index >= 15 is 0 Å². The molecule has 0 aliphatic rings. The van der Waals surface area contributed by atoms with Crippen molar-refractivity contribution in [3.63, 3.8) is 0 Å². The summed E-state index contributed by atoms with van der Waals surface area (Å²) in [6, 6.07) is 9.47. The van der Waals surface area contributed by atoms with Gasteiger partial charge in [-0.05, 0) is 17.7 Å². The van der Waals surface area contributed by atoms with E-state index in [1.807, 2.05) is 35.7 Å². The van der Waals surface area contributed by atoms with Crippen molar-refractivity contribution in [2.45, 2.75) is 13.1 Å². The molecule has 0 bridgehead atoms. The van der Waals surface area contributed by atoms with Gasteiger partial charge in [-0.15, -0.1) is 0 Å². The number of nitriles is 1. The van der Waals surface area contributed by atoms with E-state index in [0.29, 0.717) is 18.8 Å². The second-order valence-electron chi connectivity index (χ2n) is 3.87. The first-order valence-corrected chi connectivity index (χ1v) is 6.62. The molecule has 0 aliphatic heterocycles. The predicted octanol–water partition coefficient (Wildman–Crippen LogP) is 1.63. The van der Waals surface area contributed by atoms with Crippen LogP contribution in [0.15, 0.2) is 34.4 Å². The van der Waals surface area contributed by atoms with Crippen LogP contribution in [0.25, 0.3) is 0 Å². The number of aromatic nitrogens is 1. The SMILES string of the molecule is N#CCOc1ccc(CNCc2csc(=O)[nH]2)cc1. The van der Waals surface area contributed by atoms with Gasteiger partial charge >= 0.3 is 4.87 Å². The van der Waals surface area contributed by atoms with Crippen LogP contribution in [0.5, 0.6) is 5.75 Å². The van der Waals surface area contributed by atoms with Gasteiger partial charge in [0.15, 0.2) is 6.61 Å². The molecule has 0 unspecified atom stereocenters. The Balaban J connectivity index is 1.80. The van der Waals surface area contributed by atoms with Crippen LogP contribution in [0.4, 0.5) is 0 Å². The molecule has 0 fully saturated rings. The summed E-state index contributed by atoms with van der Waals surface area (Å²) in [7, 11) is 0. The third-order valence-electron chi connectivity index (χ3n) is 2.44. The molecule has 2 rings (SSSR count). The van der Waals surface area contributed by atoms with Gasteiger partial charge in [-0.3, -0.25) is 4.79 Å². The Morgan fingerprint density at radius 2 is 2.11 bits per heavy atom. The lowest BCUT2D eigenvalue weighted by molar-refractivity contribution is 0.368. The van der Waals surface area contributed by atoms with E-state index in [4.69, 9.17) is 10.00 Å². The summed E-state index contributed by atoms with van der Waals surface area (Å²) in [5.74, 6) is 0.687. The third-order valence-corrected chi connectivity index (χ3v) is 3.16.